The van der Waals surface area contributed by atoms with Crippen LogP contribution in [-0.4, -0.2) is 4.98 Å². The van der Waals surface area contributed by atoms with E-state index in [1.54, 1.807) is 0 Å². The molecule has 1 aliphatic rings. The second-order valence-electron chi connectivity index (χ2n) is 12.2. The standard InChI is InChI=1S/C44H41N/c1-7-9-12-32-18-23-35(43(29(3)4)31(32)6)17-16-30(5)36-24-25-40-38(8-2)41-15-10-14-39(44(41)42(40)27-36)34-21-19-33(20-22-34)37-13-11-26-45-28-37/h7,9-28,38H,1,8H2,2-6H3/b12-9-,30-16+,35-17-. The van der Waals surface area contributed by atoms with Gasteiger partial charge in [-0.25, -0.2) is 0 Å². The van der Waals surface area contributed by atoms with E-state index in [-0.39, 0.29) is 0 Å². The van der Waals surface area contributed by atoms with Crippen molar-refractivity contribution in [1.29, 1.82) is 0 Å². The molecular formula is C44H41N. The van der Waals surface area contributed by atoms with Gasteiger partial charge in [0.25, 0.3) is 0 Å². The molecule has 0 fully saturated rings. The summed E-state index contributed by atoms with van der Waals surface area (Å²) in [5.74, 6) is 0.414. The van der Waals surface area contributed by atoms with Crippen LogP contribution in [0.4, 0.5) is 0 Å². The molecule has 1 unspecified atom stereocenters. The number of fused-ring (bicyclic) bond motifs is 3. The van der Waals surface area contributed by atoms with E-state index in [0.29, 0.717) is 5.92 Å². The zero-order valence-corrected chi connectivity index (χ0v) is 27.1. The van der Waals surface area contributed by atoms with E-state index in [1.807, 2.05) is 30.6 Å². The summed E-state index contributed by atoms with van der Waals surface area (Å²) in [4.78, 5) is 4.30. The number of rotatable bonds is 7. The van der Waals surface area contributed by atoms with Gasteiger partial charge in [-0.2, -0.15) is 0 Å². The maximum atomic E-state index is 4.30. The normalized spacial score (nSPS) is 14.5. The molecule has 0 bridgehead atoms. The zero-order valence-electron chi connectivity index (χ0n) is 27.1. The number of hydrogen-bond donors (Lipinski definition) is 0. The average Bonchev–Trinajstić information content (AvgIpc) is 3.40. The molecule has 222 valence electrons. The largest absolute Gasteiger partial charge is 0.264 e. The van der Waals surface area contributed by atoms with E-state index in [1.165, 1.54) is 77.2 Å². The lowest BCUT2D eigenvalue weighted by Gasteiger charge is -2.13. The van der Waals surface area contributed by atoms with Gasteiger partial charge in [-0.3, -0.25) is 4.98 Å². The summed E-state index contributed by atoms with van der Waals surface area (Å²) in [6, 6.07) is 31.4. The van der Waals surface area contributed by atoms with Crippen molar-refractivity contribution in [2.24, 2.45) is 0 Å². The summed E-state index contributed by atoms with van der Waals surface area (Å²) >= 11 is 0. The van der Waals surface area contributed by atoms with Gasteiger partial charge in [0, 0.05) is 18.3 Å². The second-order valence-corrected chi connectivity index (χ2v) is 12.2. The molecule has 0 N–H and O–H groups in total. The number of benzene rings is 4. The Morgan fingerprint density at radius 3 is 2.33 bits per heavy atom. The third-order valence-electron chi connectivity index (χ3n) is 9.19. The van der Waals surface area contributed by atoms with E-state index < -0.39 is 0 Å². The Labute approximate surface area is 268 Å². The first-order valence-electron chi connectivity index (χ1n) is 15.9. The Morgan fingerprint density at radius 1 is 0.822 bits per heavy atom. The van der Waals surface area contributed by atoms with Gasteiger partial charge in [0.2, 0.25) is 0 Å². The first kappa shape index (κ1) is 30.0. The van der Waals surface area contributed by atoms with E-state index in [2.05, 4.69) is 143 Å². The highest BCUT2D eigenvalue weighted by Crippen LogP contribution is 2.51. The Hall–Kier alpha value is -5.01. The molecule has 1 heterocycles. The van der Waals surface area contributed by atoms with Crippen LogP contribution in [-0.2, 0) is 0 Å². The Bertz CT molecular complexity index is 2070. The van der Waals surface area contributed by atoms with Crippen LogP contribution < -0.4 is 10.4 Å². The minimum Gasteiger partial charge on any atom is -0.264 e. The van der Waals surface area contributed by atoms with Crippen LogP contribution in [0.5, 0.6) is 0 Å². The molecule has 0 amide bonds. The van der Waals surface area contributed by atoms with Gasteiger partial charge in [0.1, 0.15) is 0 Å². The van der Waals surface area contributed by atoms with Crippen molar-refractivity contribution >= 4 is 23.3 Å². The molecular weight excluding hydrogens is 542 g/mol. The lowest BCUT2D eigenvalue weighted by atomic mass is 9.91. The fourth-order valence-electron chi connectivity index (χ4n) is 6.92. The Balaban J connectivity index is 1.42. The van der Waals surface area contributed by atoms with Crippen LogP contribution in [0, 0.1) is 6.92 Å². The summed E-state index contributed by atoms with van der Waals surface area (Å²) < 4.78 is 0. The molecule has 0 aliphatic heterocycles. The van der Waals surface area contributed by atoms with Crippen molar-refractivity contribution < 1.29 is 0 Å². The molecule has 1 aliphatic carbocycles. The van der Waals surface area contributed by atoms with Crippen LogP contribution in [0.2, 0.25) is 0 Å². The highest BCUT2D eigenvalue weighted by molar-refractivity contribution is 5.93. The molecule has 0 saturated heterocycles. The zero-order chi connectivity index (χ0) is 31.5. The highest BCUT2D eigenvalue weighted by atomic mass is 14.6. The van der Waals surface area contributed by atoms with Crippen molar-refractivity contribution in [3.8, 4) is 33.4 Å². The van der Waals surface area contributed by atoms with Crippen LogP contribution in [0.1, 0.15) is 67.9 Å². The van der Waals surface area contributed by atoms with E-state index in [4.69, 9.17) is 0 Å². The average molecular weight is 584 g/mol. The van der Waals surface area contributed by atoms with Crippen molar-refractivity contribution in [3.63, 3.8) is 0 Å². The van der Waals surface area contributed by atoms with E-state index >= 15 is 0 Å². The summed E-state index contributed by atoms with van der Waals surface area (Å²) in [7, 11) is 0. The third-order valence-corrected chi connectivity index (χ3v) is 9.19. The molecule has 1 heteroatoms. The van der Waals surface area contributed by atoms with E-state index in [9.17, 15) is 0 Å². The van der Waals surface area contributed by atoms with Gasteiger partial charge in [0.05, 0.1) is 0 Å². The number of hydrogen-bond acceptors (Lipinski definition) is 1. The van der Waals surface area contributed by atoms with Crippen molar-refractivity contribution in [1.82, 2.24) is 4.98 Å². The molecule has 1 aromatic heterocycles. The Kier molecular flexibility index (Phi) is 8.62. The SMILES string of the molecule is C=C/C=C\c1cc/c(=C/C=C(\C)c2ccc3c(c2)-c2c(-c4ccc(-c5cccnc5)cc4)cccc2C3CC)c(=C(C)C)c1C. The number of pyridine rings is 1. The summed E-state index contributed by atoms with van der Waals surface area (Å²) in [5.41, 5.74) is 16.8. The maximum Gasteiger partial charge on any atom is 0.0346 e. The predicted molar refractivity (Wildman–Crippen MR) is 195 cm³/mol. The van der Waals surface area contributed by atoms with Crippen LogP contribution in [0.25, 0.3) is 56.7 Å². The minimum absolute atomic E-state index is 0.414. The molecule has 6 rings (SSSR count). The topological polar surface area (TPSA) is 12.9 Å². The molecule has 1 nitrogen and oxygen atoms in total. The smallest absolute Gasteiger partial charge is 0.0346 e. The molecule has 0 radical (unpaired) electrons. The lowest BCUT2D eigenvalue weighted by Crippen LogP contribution is -2.29. The fraction of sp³-hybridized carbons (Fsp3) is 0.159. The van der Waals surface area contributed by atoms with Gasteiger partial charge in [-0.05, 0) is 123 Å². The van der Waals surface area contributed by atoms with Crippen LogP contribution in [0.3, 0.4) is 0 Å². The summed E-state index contributed by atoms with van der Waals surface area (Å²) in [6.07, 6.45) is 15.3. The maximum absolute atomic E-state index is 4.30. The number of aromatic nitrogens is 1. The van der Waals surface area contributed by atoms with Gasteiger partial charge in [-0.15, -0.1) is 0 Å². The highest BCUT2D eigenvalue weighted by Gasteiger charge is 2.30. The summed E-state index contributed by atoms with van der Waals surface area (Å²) in [5, 5.41) is 2.57. The van der Waals surface area contributed by atoms with Crippen molar-refractivity contribution in [2.45, 2.75) is 47.0 Å². The first-order valence-corrected chi connectivity index (χ1v) is 15.9. The predicted octanol–water partition coefficient (Wildman–Crippen LogP) is 10.5. The van der Waals surface area contributed by atoms with Crippen molar-refractivity contribution in [3.05, 3.63) is 160 Å². The molecule has 5 aromatic rings. The van der Waals surface area contributed by atoms with Crippen LogP contribution in [0.15, 0.2) is 122 Å². The quantitative estimate of drug-likeness (QED) is 0.174. The fourth-order valence-corrected chi connectivity index (χ4v) is 6.92. The third kappa shape index (κ3) is 5.79. The summed E-state index contributed by atoms with van der Waals surface area (Å²) in [6.45, 7) is 15.0. The molecule has 1 atom stereocenters. The van der Waals surface area contributed by atoms with Gasteiger partial charge >= 0.3 is 0 Å². The van der Waals surface area contributed by atoms with Crippen molar-refractivity contribution in [2.75, 3.05) is 0 Å². The first-order chi connectivity index (χ1) is 21.9. The van der Waals surface area contributed by atoms with E-state index in [0.717, 1.165) is 12.0 Å². The van der Waals surface area contributed by atoms with Gasteiger partial charge in [-0.1, -0.05) is 122 Å². The second kappa shape index (κ2) is 12.9. The monoisotopic (exact) mass is 583 g/mol. The molecule has 0 saturated carbocycles. The number of nitrogens with zero attached hydrogens (tertiary/aromatic N) is 1. The number of allylic oxidation sites excluding steroid dienone is 4. The minimum atomic E-state index is 0.414. The molecule has 4 aromatic carbocycles. The molecule has 0 spiro atoms. The van der Waals surface area contributed by atoms with Gasteiger partial charge < -0.3 is 0 Å². The molecule has 45 heavy (non-hydrogen) atoms. The van der Waals surface area contributed by atoms with Gasteiger partial charge in [0.15, 0.2) is 0 Å². The lowest BCUT2D eigenvalue weighted by molar-refractivity contribution is 0.797. The van der Waals surface area contributed by atoms with Crippen LogP contribution >= 0.6 is 0 Å². The Morgan fingerprint density at radius 2 is 1.62 bits per heavy atom.